The number of halogens is 2. The van der Waals surface area contributed by atoms with Gasteiger partial charge in [0.05, 0.1) is 23.5 Å². The third kappa shape index (κ3) is 2.54. The predicted octanol–water partition coefficient (Wildman–Crippen LogP) is 3.44. The average Bonchev–Trinajstić information content (AvgIpc) is 2.63. The summed E-state index contributed by atoms with van der Waals surface area (Å²) < 4.78 is 15.0. The fraction of sp³-hybridized carbons (Fsp3) is 0.286. The lowest BCUT2D eigenvalue weighted by Gasteiger charge is -2.09. The summed E-state index contributed by atoms with van der Waals surface area (Å²) in [5, 5.41) is -0.584. The third-order valence-corrected chi connectivity index (χ3v) is 3.20. The molecule has 0 aliphatic rings. The molecule has 0 aliphatic heterocycles. The molecule has 2 aromatic rings. The van der Waals surface area contributed by atoms with Crippen molar-refractivity contribution in [2.45, 2.75) is 26.1 Å². The van der Waals surface area contributed by atoms with E-state index in [1.807, 2.05) is 13.8 Å². The molecule has 0 aliphatic carbocycles. The average molecular weight is 281 g/mol. The van der Waals surface area contributed by atoms with Crippen LogP contribution in [0.2, 0.25) is 0 Å². The Kier molecular flexibility index (Phi) is 3.71. The van der Waals surface area contributed by atoms with Crippen molar-refractivity contribution in [3.63, 3.8) is 0 Å². The van der Waals surface area contributed by atoms with Gasteiger partial charge in [0.2, 0.25) is 0 Å². The van der Waals surface area contributed by atoms with Crippen LogP contribution < -0.4 is 0 Å². The van der Waals surface area contributed by atoms with Gasteiger partial charge in [-0.25, -0.2) is 4.39 Å². The number of Topliss-reactive ketones (excluding diaryl/α,β-unsaturated/α-hetero) is 1. The maximum absolute atomic E-state index is 13.2. The molecule has 1 atom stereocenters. The van der Waals surface area contributed by atoms with Crippen LogP contribution in [0.15, 0.2) is 24.5 Å². The quantitative estimate of drug-likeness (QED) is 0.638. The van der Waals surface area contributed by atoms with Gasteiger partial charge in [-0.1, -0.05) is 0 Å². The maximum atomic E-state index is 13.2. The molecule has 0 spiro atoms. The van der Waals surface area contributed by atoms with Gasteiger partial charge in [0.15, 0.2) is 5.78 Å². The van der Waals surface area contributed by atoms with Gasteiger partial charge in [-0.3, -0.25) is 9.78 Å². The Morgan fingerprint density at radius 2 is 2.05 bits per heavy atom. The van der Waals surface area contributed by atoms with Crippen molar-refractivity contribution < 1.29 is 9.18 Å². The molecular formula is C14H14ClFN2O. The highest BCUT2D eigenvalue weighted by Gasteiger charge is 2.20. The zero-order valence-corrected chi connectivity index (χ0v) is 11.7. The number of aromatic nitrogens is 2. The number of ketones is 1. The molecule has 0 aromatic carbocycles. The van der Waals surface area contributed by atoms with Gasteiger partial charge >= 0.3 is 0 Å². The van der Waals surface area contributed by atoms with Crippen molar-refractivity contribution in [1.29, 1.82) is 0 Å². The Bertz CT molecular complexity index is 634. The first kappa shape index (κ1) is 13.7. The minimum Gasteiger partial charge on any atom is -0.316 e. The number of rotatable bonds is 3. The highest BCUT2D eigenvalue weighted by atomic mass is 35.5. The molecule has 19 heavy (non-hydrogen) atoms. The van der Waals surface area contributed by atoms with Crippen molar-refractivity contribution >= 4 is 17.4 Å². The lowest BCUT2D eigenvalue weighted by molar-refractivity contribution is 0.0991. The van der Waals surface area contributed by atoms with Crippen LogP contribution in [0.5, 0.6) is 0 Å². The standard InChI is InChI=1S/C14H14ClFN2O/c1-8-4-13(14(19)9(2)15)10(3)18(8)12-5-11(16)6-17-7-12/h4-7,9H,1-3H3. The highest BCUT2D eigenvalue weighted by molar-refractivity contribution is 6.33. The second-order valence-corrected chi connectivity index (χ2v) is 5.12. The summed E-state index contributed by atoms with van der Waals surface area (Å²) in [5.74, 6) is -0.547. The summed E-state index contributed by atoms with van der Waals surface area (Å²) in [6.45, 7) is 5.30. The largest absolute Gasteiger partial charge is 0.316 e. The Morgan fingerprint density at radius 1 is 1.37 bits per heavy atom. The molecule has 0 saturated heterocycles. The van der Waals surface area contributed by atoms with E-state index in [9.17, 15) is 9.18 Å². The van der Waals surface area contributed by atoms with Crippen molar-refractivity contribution in [2.75, 3.05) is 0 Å². The fourth-order valence-corrected chi connectivity index (χ4v) is 2.26. The first-order valence-corrected chi connectivity index (χ1v) is 6.33. The summed E-state index contributed by atoms with van der Waals surface area (Å²) in [4.78, 5) is 15.8. The molecule has 0 radical (unpaired) electrons. The van der Waals surface area contributed by atoms with Gasteiger partial charge in [0.1, 0.15) is 5.82 Å². The molecule has 0 fully saturated rings. The molecule has 1 unspecified atom stereocenters. The molecular weight excluding hydrogens is 267 g/mol. The van der Waals surface area contributed by atoms with Crippen molar-refractivity contribution in [2.24, 2.45) is 0 Å². The van der Waals surface area contributed by atoms with Crippen molar-refractivity contribution in [3.05, 3.63) is 47.3 Å². The molecule has 100 valence electrons. The molecule has 0 amide bonds. The first-order chi connectivity index (χ1) is 8.91. The molecule has 2 heterocycles. The minimum absolute atomic E-state index is 0.134. The Labute approximate surface area is 116 Å². The Balaban J connectivity index is 2.57. The van der Waals surface area contributed by atoms with Gasteiger partial charge in [-0.2, -0.15) is 0 Å². The number of alkyl halides is 1. The van der Waals surface area contributed by atoms with E-state index in [1.54, 1.807) is 23.8 Å². The summed E-state index contributed by atoms with van der Waals surface area (Å²) in [5.41, 5.74) is 2.73. The maximum Gasteiger partial charge on any atom is 0.182 e. The van der Waals surface area contributed by atoms with Crippen LogP contribution >= 0.6 is 11.6 Å². The van der Waals surface area contributed by atoms with Crippen LogP contribution in [0.25, 0.3) is 5.69 Å². The number of hydrogen-bond acceptors (Lipinski definition) is 2. The number of nitrogens with zero attached hydrogens (tertiary/aromatic N) is 2. The van der Waals surface area contributed by atoms with Crippen LogP contribution in [-0.2, 0) is 0 Å². The highest BCUT2D eigenvalue weighted by Crippen LogP contribution is 2.22. The summed E-state index contributed by atoms with van der Waals surface area (Å²) >= 11 is 5.84. The zero-order chi connectivity index (χ0) is 14.2. The van der Waals surface area contributed by atoms with Crippen LogP contribution in [0.3, 0.4) is 0 Å². The zero-order valence-electron chi connectivity index (χ0n) is 10.9. The van der Waals surface area contributed by atoms with E-state index in [4.69, 9.17) is 11.6 Å². The van der Waals surface area contributed by atoms with Gasteiger partial charge in [-0.05, 0) is 26.8 Å². The lowest BCUT2D eigenvalue weighted by Crippen LogP contribution is -2.11. The molecule has 0 saturated carbocycles. The number of hydrogen-bond donors (Lipinski definition) is 0. The predicted molar refractivity (Wildman–Crippen MR) is 72.6 cm³/mol. The Hall–Kier alpha value is -1.68. The van der Waals surface area contributed by atoms with E-state index >= 15 is 0 Å². The lowest BCUT2D eigenvalue weighted by atomic mass is 10.1. The second-order valence-electron chi connectivity index (χ2n) is 4.46. The number of pyridine rings is 1. The van der Waals surface area contributed by atoms with E-state index in [1.165, 1.54) is 6.07 Å². The summed E-state index contributed by atoms with van der Waals surface area (Å²) in [7, 11) is 0. The SMILES string of the molecule is Cc1cc(C(=O)C(C)Cl)c(C)n1-c1cncc(F)c1. The van der Waals surface area contributed by atoms with Crippen LogP contribution in [0.4, 0.5) is 4.39 Å². The monoisotopic (exact) mass is 280 g/mol. The summed E-state index contributed by atoms with van der Waals surface area (Å²) in [6.07, 6.45) is 2.70. The van der Waals surface area contributed by atoms with E-state index in [0.29, 0.717) is 11.3 Å². The van der Waals surface area contributed by atoms with E-state index < -0.39 is 11.2 Å². The molecule has 3 nitrogen and oxygen atoms in total. The minimum atomic E-state index is -0.584. The Morgan fingerprint density at radius 3 is 2.63 bits per heavy atom. The molecule has 0 bridgehead atoms. The van der Waals surface area contributed by atoms with Gasteiger partial charge < -0.3 is 4.57 Å². The first-order valence-electron chi connectivity index (χ1n) is 5.90. The number of aryl methyl sites for hydroxylation is 1. The van der Waals surface area contributed by atoms with Gasteiger partial charge in [0.25, 0.3) is 0 Å². The van der Waals surface area contributed by atoms with Crippen molar-refractivity contribution in [3.8, 4) is 5.69 Å². The normalized spacial score (nSPS) is 12.5. The van der Waals surface area contributed by atoms with Crippen LogP contribution in [0, 0.1) is 19.7 Å². The third-order valence-electron chi connectivity index (χ3n) is 3.01. The molecule has 0 N–H and O–H groups in total. The van der Waals surface area contributed by atoms with Crippen molar-refractivity contribution in [1.82, 2.24) is 9.55 Å². The van der Waals surface area contributed by atoms with E-state index in [2.05, 4.69) is 4.98 Å². The van der Waals surface area contributed by atoms with Gasteiger partial charge in [0, 0.05) is 23.0 Å². The van der Waals surface area contributed by atoms with E-state index in [0.717, 1.165) is 17.6 Å². The number of carbonyl (C=O) groups excluding carboxylic acids is 1. The fourth-order valence-electron chi connectivity index (χ4n) is 2.15. The molecule has 2 rings (SSSR count). The summed E-state index contributed by atoms with van der Waals surface area (Å²) in [6, 6.07) is 3.15. The second kappa shape index (κ2) is 5.13. The topological polar surface area (TPSA) is 34.9 Å². The smallest absolute Gasteiger partial charge is 0.182 e. The van der Waals surface area contributed by atoms with Crippen LogP contribution in [0.1, 0.15) is 28.7 Å². The molecule has 5 heteroatoms. The number of carbonyl (C=O) groups is 1. The van der Waals surface area contributed by atoms with E-state index in [-0.39, 0.29) is 5.78 Å². The van der Waals surface area contributed by atoms with Crippen LogP contribution in [-0.4, -0.2) is 20.7 Å². The van der Waals surface area contributed by atoms with Gasteiger partial charge in [-0.15, -0.1) is 11.6 Å². The molecule has 2 aromatic heterocycles.